The summed E-state index contributed by atoms with van der Waals surface area (Å²) in [4.78, 5) is 11.5. The predicted octanol–water partition coefficient (Wildman–Crippen LogP) is 1.28. The Kier molecular flexibility index (Phi) is 3.93. The zero-order valence-electron chi connectivity index (χ0n) is 9.31. The van der Waals surface area contributed by atoms with Crippen LogP contribution in [0.5, 0.6) is 0 Å². The summed E-state index contributed by atoms with van der Waals surface area (Å²) in [6, 6.07) is 0. The number of amides is 1. The lowest BCUT2D eigenvalue weighted by Crippen LogP contribution is -2.36. The third kappa shape index (κ3) is 3.66. The number of hydrogen-bond acceptors (Lipinski definition) is 2. The molecule has 1 saturated carbocycles. The molecule has 1 rings (SSSR count). The fraction of sp³-hybridized carbons (Fsp3) is 0.909. The van der Waals surface area contributed by atoms with Crippen LogP contribution in [0.1, 0.15) is 39.5 Å². The smallest absolute Gasteiger partial charge is 0.220 e. The highest BCUT2D eigenvalue weighted by Gasteiger charge is 2.22. The van der Waals surface area contributed by atoms with Crippen molar-refractivity contribution in [3.63, 3.8) is 0 Å². The first-order chi connectivity index (χ1) is 6.53. The first kappa shape index (κ1) is 11.5. The van der Waals surface area contributed by atoms with Crippen LogP contribution in [0.4, 0.5) is 0 Å². The lowest BCUT2D eigenvalue weighted by atomic mass is 9.85. The van der Waals surface area contributed by atoms with Crippen LogP contribution in [-0.2, 0) is 4.79 Å². The van der Waals surface area contributed by atoms with Crippen molar-refractivity contribution in [1.82, 2.24) is 5.32 Å². The fourth-order valence-corrected chi connectivity index (χ4v) is 1.52. The Morgan fingerprint density at radius 3 is 2.57 bits per heavy atom. The van der Waals surface area contributed by atoms with Crippen molar-refractivity contribution in [1.29, 1.82) is 0 Å². The van der Waals surface area contributed by atoms with Gasteiger partial charge < -0.3 is 11.1 Å². The number of carbonyl (C=O) groups excluding carboxylic acids is 1. The summed E-state index contributed by atoms with van der Waals surface area (Å²) in [7, 11) is 0. The number of hydrogen-bond donors (Lipinski definition) is 2. The second-order valence-electron chi connectivity index (χ2n) is 5.15. The van der Waals surface area contributed by atoms with E-state index in [1.165, 1.54) is 19.3 Å². The number of carbonyl (C=O) groups is 1. The van der Waals surface area contributed by atoms with Gasteiger partial charge in [-0.2, -0.15) is 0 Å². The average Bonchev–Trinajstić information content (AvgIpc) is 2.00. The van der Waals surface area contributed by atoms with Crippen molar-refractivity contribution < 1.29 is 4.79 Å². The molecule has 3 nitrogen and oxygen atoms in total. The summed E-state index contributed by atoms with van der Waals surface area (Å²) in [5.41, 5.74) is 5.50. The molecule has 3 N–H and O–H groups in total. The Balaban J connectivity index is 2.14. The molecule has 0 spiro atoms. The molecule has 1 amide bonds. The van der Waals surface area contributed by atoms with E-state index >= 15 is 0 Å². The SMILES string of the molecule is CC(C)(CN)CC(=O)NCC1CCC1. The predicted molar refractivity (Wildman–Crippen MR) is 57.8 cm³/mol. The summed E-state index contributed by atoms with van der Waals surface area (Å²) < 4.78 is 0. The molecule has 0 aromatic rings. The first-order valence-corrected chi connectivity index (χ1v) is 5.50. The molecule has 0 bridgehead atoms. The largest absolute Gasteiger partial charge is 0.356 e. The summed E-state index contributed by atoms with van der Waals surface area (Å²) in [6.07, 6.45) is 4.42. The molecule has 1 aliphatic carbocycles. The number of nitrogens with one attached hydrogen (secondary N) is 1. The van der Waals surface area contributed by atoms with Crippen molar-refractivity contribution in [3.8, 4) is 0 Å². The van der Waals surface area contributed by atoms with Crippen LogP contribution in [0.25, 0.3) is 0 Å². The van der Waals surface area contributed by atoms with Gasteiger partial charge in [-0.15, -0.1) is 0 Å². The van der Waals surface area contributed by atoms with Gasteiger partial charge in [0.25, 0.3) is 0 Å². The Morgan fingerprint density at radius 2 is 2.14 bits per heavy atom. The molecule has 0 saturated heterocycles. The normalized spacial score (nSPS) is 17.6. The van der Waals surface area contributed by atoms with Crippen LogP contribution in [0, 0.1) is 11.3 Å². The van der Waals surface area contributed by atoms with Crippen molar-refractivity contribution in [2.75, 3.05) is 13.1 Å². The minimum atomic E-state index is -0.0658. The Bertz CT molecular complexity index is 197. The molecule has 0 unspecified atom stereocenters. The molecular weight excluding hydrogens is 176 g/mol. The van der Waals surface area contributed by atoms with Gasteiger partial charge in [-0.05, 0) is 30.7 Å². The van der Waals surface area contributed by atoms with Crippen LogP contribution >= 0.6 is 0 Å². The molecule has 0 aromatic carbocycles. The monoisotopic (exact) mass is 198 g/mol. The van der Waals surface area contributed by atoms with E-state index in [2.05, 4.69) is 5.32 Å². The van der Waals surface area contributed by atoms with Crippen molar-refractivity contribution in [3.05, 3.63) is 0 Å². The van der Waals surface area contributed by atoms with Gasteiger partial charge >= 0.3 is 0 Å². The van der Waals surface area contributed by atoms with E-state index in [4.69, 9.17) is 5.73 Å². The molecule has 1 fully saturated rings. The van der Waals surface area contributed by atoms with Crippen LogP contribution in [-0.4, -0.2) is 19.0 Å². The minimum absolute atomic E-state index is 0.0658. The number of nitrogens with two attached hydrogens (primary N) is 1. The van der Waals surface area contributed by atoms with E-state index in [-0.39, 0.29) is 11.3 Å². The van der Waals surface area contributed by atoms with Gasteiger partial charge in [0, 0.05) is 13.0 Å². The maximum atomic E-state index is 11.5. The molecule has 0 aliphatic heterocycles. The lowest BCUT2D eigenvalue weighted by molar-refractivity contribution is -0.123. The molecule has 0 heterocycles. The van der Waals surface area contributed by atoms with Crippen molar-refractivity contribution in [2.24, 2.45) is 17.1 Å². The van der Waals surface area contributed by atoms with Gasteiger partial charge in [0.2, 0.25) is 5.91 Å². The zero-order chi connectivity index (χ0) is 10.6. The highest BCUT2D eigenvalue weighted by Crippen LogP contribution is 2.25. The molecule has 14 heavy (non-hydrogen) atoms. The maximum absolute atomic E-state index is 11.5. The third-order valence-corrected chi connectivity index (χ3v) is 3.00. The zero-order valence-corrected chi connectivity index (χ0v) is 9.31. The van der Waals surface area contributed by atoms with Crippen LogP contribution in [0.15, 0.2) is 0 Å². The van der Waals surface area contributed by atoms with Gasteiger partial charge in [0.05, 0.1) is 0 Å². The second-order valence-corrected chi connectivity index (χ2v) is 5.15. The van der Waals surface area contributed by atoms with Gasteiger partial charge in [-0.25, -0.2) is 0 Å². The second kappa shape index (κ2) is 4.78. The fourth-order valence-electron chi connectivity index (χ4n) is 1.52. The van der Waals surface area contributed by atoms with Crippen LogP contribution in [0.2, 0.25) is 0 Å². The Morgan fingerprint density at radius 1 is 1.50 bits per heavy atom. The van der Waals surface area contributed by atoms with E-state index in [1.54, 1.807) is 0 Å². The standard InChI is InChI=1S/C11H22N2O/c1-11(2,8-12)6-10(14)13-7-9-4-3-5-9/h9H,3-8,12H2,1-2H3,(H,13,14). The van der Waals surface area contributed by atoms with Gasteiger partial charge in [-0.1, -0.05) is 20.3 Å². The Hall–Kier alpha value is -0.570. The summed E-state index contributed by atoms with van der Waals surface area (Å²) in [5, 5.41) is 2.98. The number of rotatable bonds is 5. The van der Waals surface area contributed by atoms with Crippen molar-refractivity contribution >= 4 is 5.91 Å². The average molecular weight is 198 g/mol. The van der Waals surface area contributed by atoms with Gasteiger partial charge in [0.1, 0.15) is 0 Å². The summed E-state index contributed by atoms with van der Waals surface area (Å²) in [5.74, 6) is 0.882. The Labute approximate surface area is 86.4 Å². The van der Waals surface area contributed by atoms with E-state index < -0.39 is 0 Å². The quantitative estimate of drug-likeness (QED) is 0.699. The summed E-state index contributed by atoms with van der Waals surface area (Å²) in [6.45, 7) is 5.47. The molecular formula is C11H22N2O. The van der Waals surface area contributed by atoms with E-state index in [9.17, 15) is 4.79 Å². The molecule has 1 aliphatic rings. The highest BCUT2D eigenvalue weighted by atomic mass is 16.1. The van der Waals surface area contributed by atoms with E-state index in [0.717, 1.165) is 12.5 Å². The van der Waals surface area contributed by atoms with Gasteiger partial charge in [0.15, 0.2) is 0 Å². The van der Waals surface area contributed by atoms with E-state index in [0.29, 0.717) is 13.0 Å². The molecule has 0 radical (unpaired) electrons. The lowest BCUT2D eigenvalue weighted by Gasteiger charge is -2.27. The van der Waals surface area contributed by atoms with Crippen LogP contribution < -0.4 is 11.1 Å². The van der Waals surface area contributed by atoms with Crippen molar-refractivity contribution in [2.45, 2.75) is 39.5 Å². The maximum Gasteiger partial charge on any atom is 0.220 e. The molecule has 82 valence electrons. The van der Waals surface area contributed by atoms with Crippen LogP contribution in [0.3, 0.4) is 0 Å². The topological polar surface area (TPSA) is 55.1 Å². The molecule has 0 atom stereocenters. The third-order valence-electron chi connectivity index (χ3n) is 3.00. The minimum Gasteiger partial charge on any atom is -0.356 e. The summed E-state index contributed by atoms with van der Waals surface area (Å²) >= 11 is 0. The van der Waals surface area contributed by atoms with Gasteiger partial charge in [-0.3, -0.25) is 4.79 Å². The molecule has 0 aromatic heterocycles. The first-order valence-electron chi connectivity index (χ1n) is 5.50. The molecule has 3 heteroatoms. The van der Waals surface area contributed by atoms with E-state index in [1.807, 2.05) is 13.8 Å². The highest BCUT2D eigenvalue weighted by molar-refractivity contribution is 5.76.